The van der Waals surface area contributed by atoms with Crippen LogP contribution < -0.4 is 26.2 Å². The third-order valence-corrected chi connectivity index (χ3v) is 18.8. The zero-order chi connectivity index (χ0) is 61.6. The summed E-state index contributed by atoms with van der Waals surface area (Å²) in [7, 11) is 0. The van der Waals surface area contributed by atoms with Crippen molar-refractivity contribution >= 4 is 57.2 Å². The first kappa shape index (κ1) is 55.1. The number of rotatable bonds is 12. The van der Waals surface area contributed by atoms with E-state index in [1.165, 1.54) is 49.8 Å². The van der Waals surface area contributed by atoms with Crippen molar-refractivity contribution in [3.05, 3.63) is 370 Å². The first-order chi connectivity index (χ1) is 46.2. The van der Waals surface area contributed by atoms with E-state index in [0.717, 1.165) is 112 Å². The molecule has 0 saturated carbocycles. The Balaban J connectivity index is 1.03. The lowest BCUT2D eigenvalue weighted by atomic mass is 9.33. The SMILES string of the molecule is c1ccc(-c2cc3c(cc2-c2ccccc2)N(c2cc(-c4ccccc4)c(-c4ccccc4)c(-c4ccccc4)c2)c2cccc4c2B3c2cc(-c3ccccc3)c(-c3ccccc3)cc2N4c2cc(-c3ccccc3)c(-c3ccccc3)c(-c3ccccc3)c2)cc1. The molecule has 0 bridgehead atoms. The average molecular weight is 1180 g/mol. The van der Waals surface area contributed by atoms with E-state index in [0.29, 0.717) is 0 Å². The Labute approximate surface area is 545 Å². The van der Waals surface area contributed by atoms with Crippen molar-refractivity contribution in [2.24, 2.45) is 0 Å². The summed E-state index contributed by atoms with van der Waals surface area (Å²) in [6.07, 6.45) is 0. The van der Waals surface area contributed by atoms with E-state index in [4.69, 9.17) is 0 Å². The van der Waals surface area contributed by atoms with Crippen LogP contribution >= 0.6 is 0 Å². The normalized spacial score (nSPS) is 12.0. The highest BCUT2D eigenvalue weighted by molar-refractivity contribution is 7.00. The first-order valence-corrected chi connectivity index (χ1v) is 32.2. The molecule has 0 spiro atoms. The monoisotopic (exact) mass is 1180 g/mol. The van der Waals surface area contributed by atoms with Gasteiger partial charge in [-0.15, -0.1) is 0 Å². The number of benzene rings is 15. The van der Waals surface area contributed by atoms with Crippen LogP contribution in [-0.4, -0.2) is 6.71 Å². The van der Waals surface area contributed by atoms with E-state index < -0.39 is 0 Å². The van der Waals surface area contributed by atoms with Gasteiger partial charge in [-0.25, -0.2) is 0 Å². The van der Waals surface area contributed by atoms with Gasteiger partial charge in [-0.05, 0) is 176 Å². The Morgan fingerprint density at radius 1 is 0.172 bits per heavy atom. The van der Waals surface area contributed by atoms with Crippen molar-refractivity contribution in [3.8, 4) is 111 Å². The molecule has 15 aromatic carbocycles. The van der Waals surface area contributed by atoms with Crippen LogP contribution in [0.2, 0.25) is 0 Å². The van der Waals surface area contributed by atoms with Gasteiger partial charge in [0.15, 0.2) is 0 Å². The van der Waals surface area contributed by atoms with Gasteiger partial charge in [0.05, 0.1) is 0 Å². The van der Waals surface area contributed by atoms with Crippen molar-refractivity contribution in [2.45, 2.75) is 0 Å². The number of anilines is 6. The summed E-state index contributed by atoms with van der Waals surface area (Å²) in [4.78, 5) is 5.23. The van der Waals surface area contributed by atoms with E-state index >= 15 is 0 Å². The third-order valence-electron chi connectivity index (χ3n) is 18.8. The molecule has 3 heteroatoms. The molecule has 0 amide bonds. The van der Waals surface area contributed by atoms with E-state index in [1.54, 1.807) is 0 Å². The van der Waals surface area contributed by atoms with Crippen molar-refractivity contribution in [3.63, 3.8) is 0 Å². The lowest BCUT2D eigenvalue weighted by Crippen LogP contribution is -2.61. The summed E-state index contributed by atoms with van der Waals surface area (Å²) in [5, 5.41) is 0. The zero-order valence-electron chi connectivity index (χ0n) is 51.2. The van der Waals surface area contributed by atoms with Crippen LogP contribution in [0, 0.1) is 0 Å². The van der Waals surface area contributed by atoms with E-state index in [2.05, 4.69) is 380 Å². The Kier molecular flexibility index (Phi) is 14.0. The van der Waals surface area contributed by atoms with Gasteiger partial charge in [0.2, 0.25) is 0 Å². The van der Waals surface area contributed by atoms with Gasteiger partial charge in [0.1, 0.15) is 0 Å². The summed E-state index contributed by atoms with van der Waals surface area (Å²) in [6.45, 7) is -0.232. The summed E-state index contributed by atoms with van der Waals surface area (Å²) >= 11 is 0. The molecule has 15 aromatic rings. The van der Waals surface area contributed by atoms with Crippen LogP contribution in [-0.2, 0) is 0 Å². The fourth-order valence-corrected chi connectivity index (χ4v) is 14.7. The second-order valence-corrected chi connectivity index (χ2v) is 24.2. The lowest BCUT2D eigenvalue weighted by molar-refractivity contribution is 1.25. The van der Waals surface area contributed by atoms with Crippen LogP contribution in [0.1, 0.15) is 0 Å². The second kappa shape index (κ2) is 23.7. The number of hydrogen-bond donors (Lipinski definition) is 0. The van der Waals surface area contributed by atoms with Gasteiger partial charge in [0.25, 0.3) is 6.71 Å². The maximum atomic E-state index is 2.61. The molecule has 2 aliphatic heterocycles. The Morgan fingerprint density at radius 3 is 0.634 bits per heavy atom. The first-order valence-electron chi connectivity index (χ1n) is 32.2. The largest absolute Gasteiger partial charge is 0.311 e. The highest BCUT2D eigenvalue weighted by atomic mass is 15.2. The highest BCUT2D eigenvalue weighted by Crippen LogP contribution is 2.53. The molecule has 2 nitrogen and oxygen atoms in total. The quantitative estimate of drug-likeness (QED) is 0.113. The van der Waals surface area contributed by atoms with Gasteiger partial charge < -0.3 is 9.80 Å². The Bertz CT molecular complexity index is 4760. The molecule has 0 radical (unpaired) electrons. The molecule has 434 valence electrons. The highest BCUT2D eigenvalue weighted by Gasteiger charge is 2.45. The minimum atomic E-state index is -0.232. The molecule has 0 unspecified atom stereocenters. The zero-order valence-corrected chi connectivity index (χ0v) is 51.2. The van der Waals surface area contributed by atoms with Crippen LogP contribution in [0.4, 0.5) is 34.1 Å². The average Bonchev–Trinajstić information content (AvgIpc) is 0.695. The maximum Gasteiger partial charge on any atom is 0.252 e. The van der Waals surface area contributed by atoms with Crippen LogP contribution in [0.15, 0.2) is 370 Å². The fraction of sp³-hybridized carbons (Fsp3) is 0. The second-order valence-electron chi connectivity index (χ2n) is 24.2. The molecule has 0 saturated heterocycles. The van der Waals surface area contributed by atoms with Crippen LogP contribution in [0.3, 0.4) is 0 Å². The smallest absolute Gasteiger partial charge is 0.252 e. The van der Waals surface area contributed by atoms with Gasteiger partial charge in [0, 0.05) is 34.1 Å². The van der Waals surface area contributed by atoms with Crippen molar-refractivity contribution in [2.75, 3.05) is 9.80 Å². The van der Waals surface area contributed by atoms with Crippen molar-refractivity contribution < 1.29 is 0 Å². The topological polar surface area (TPSA) is 6.48 Å². The molecule has 2 heterocycles. The van der Waals surface area contributed by atoms with E-state index in [-0.39, 0.29) is 6.71 Å². The predicted octanol–water partition coefficient (Wildman–Crippen LogP) is 22.4. The van der Waals surface area contributed by atoms with Gasteiger partial charge in [-0.3, -0.25) is 0 Å². The van der Waals surface area contributed by atoms with Gasteiger partial charge >= 0.3 is 0 Å². The Morgan fingerprint density at radius 2 is 0.387 bits per heavy atom. The molecule has 0 N–H and O–H groups in total. The maximum absolute atomic E-state index is 2.61. The van der Waals surface area contributed by atoms with E-state index in [9.17, 15) is 0 Å². The molecule has 17 rings (SSSR count). The minimum absolute atomic E-state index is 0.232. The molecule has 2 aliphatic rings. The predicted molar refractivity (Wildman–Crippen MR) is 395 cm³/mol. The molecule has 0 fully saturated rings. The van der Waals surface area contributed by atoms with Crippen molar-refractivity contribution in [1.82, 2.24) is 0 Å². The van der Waals surface area contributed by atoms with Gasteiger partial charge in [-0.2, -0.15) is 0 Å². The number of fused-ring (bicyclic) bond motifs is 4. The van der Waals surface area contributed by atoms with Crippen LogP contribution in [0.5, 0.6) is 0 Å². The third kappa shape index (κ3) is 9.87. The summed E-state index contributed by atoms with van der Waals surface area (Å²) in [5.74, 6) is 0. The van der Waals surface area contributed by atoms with E-state index in [1.807, 2.05) is 0 Å². The standard InChI is InChI=1S/C90H61BN2/c1-11-32-62(33-12-1)74-58-82-86(60-76(74)64-36-15-3-16-37-64)92(72-54-78(66-40-19-5-20-41-66)88(70-48-27-9-28-49-70)79(55-72)67-42-21-6-22-43-67)84-52-31-53-85-90(84)91(82)83-59-75(63-34-13-2-14-35-63)77(65-38-17-4-18-39-65)61-87(83)93(85)73-56-80(68-44-23-7-24-45-68)89(71-50-29-10-30-51-71)81(57-73)69-46-25-8-26-47-69/h1-61H. The molecular weight excluding hydrogens is 1120 g/mol. The Hall–Kier alpha value is -12.0. The van der Waals surface area contributed by atoms with Crippen molar-refractivity contribution in [1.29, 1.82) is 0 Å². The summed E-state index contributed by atoms with van der Waals surface area (Å²) < 4.78 is 0. The number of nitrogens with zero attached hydrogens (tertiary/aromatic N) is 2. The van der Waals surface area contributed by atoms with Crippen LogP contribution in [0.25, 0.3) is 111 Å². The molecule has 93 heavy (non-hydrogen) atoms. The fourth-order valence-electron chi connectivity index (χ4n) is 14.7. The summed E-state index contributed by atoms with van der Waals surface area (Å²) in [6, 6.07) is 137. The van der Waals surface area contributed by atoms with Gasteiger partial charge in [-0.1, -0.05) is 322 Å². The molecule has 0 atom stereocenters. The molecule has 0 aromatic heterocycles. The number of hydrogen-bond acceptors (Lipinski definition) is 2. The molecule has 0 aliphatic carbocycles. The minimum Gasteiger partial charge on any atom is -0.311 e. The molecular formula is C90H61BN2. The summed E-state index contributed by atoms with van der Waals surface area (Å²) in [5.41, 5.74) is 33.6. The lowest BCUT2D eigenvalue weighted by Gasteiger charge is -2.45.